The highest BCUT2D eigenvalue weighted by atomic mass is 19.2. The van der Waals surface area contributed by atoms with Crippen molar-refractivity contribution in [2.45, 2.75) is 0 Å². The fourth-order valence-corrected chi connectivity index (χ4v) is 2.08. The molecule has 0 aliphatic carbocycles. The first-order valence-electron chi connectivity index (χ1n) is 6.41. The number of hydrogen-bond acceptors (Lipinski definition) is 2. The highest BCUT2D eigenvalue weighted by Crippen LogP contribution is 2.22. The van der Waals surface area contributed by atoms with Crippen LogP contribution in [0.2, 0.25) is 0 Å². The maximum absolute atomic E-state index is 13.6. The van der Waals surface area contributed by atoms with Crippen molar-refractivity contribution in [1.82, 2.24) is 0 Å². The summed E-state index contributed by atoms with van der Waals surface area (Å²) in [5.74, 6) is -5.53. The first-order chi connectivity index (χ1) is 10.6. The van der Waals surface area contributed by atoms with Crippen LogP contribution in [-0.2, 0) is 0 Å². The molecular formula is C17H9F3O2. The van der Waals surface area contributed by atoms with E-state index >= 15 is 0 Å². The fourth-order valence-electron chi connectivity index (χ4n) is 2.08. The first-order valence-corrected chi connectivity index (χ1v) is 6.41. The van der Waals surface area contributed by atoms with Crippen molar-refractivity contribution in [2.75, 3.05) is 0 Å². The highest BCUT2D eigenvalue weighted by Gasteiger charge is 2.20. The average Bonchev–Trinajstić information content (AvgIpc) is 2.52. The van der Waals surface area contributed by atoms with Crippen molar-refractivity contribution >= 4 is 16.7 Å². The van der Waals surface area contributed by atoms with Crippen molar-refractivity contribution in [2.24, 2.45) is 0 Å². The summed E-state index contributed by atoms with van der Waals surface area (Å²) in [4.78, 5) is 11.9. The summed E-state index contributed by atoms with van der Waals surface area (Å²) in [7, 11) is 0. The summed E-state index contributed by atoms with van der Waals surface area (Å²) in [6.45, 7) is 0. The Labute approximate surface area is 123 Å². The van der Waals surface area contributed by atoms with E-state index in [1.165, 1.54) is 6.07 Å². The standard InChI is InChI=1S/C17H9F3O2/c18-14-8-7-13(15(19)16(14)20)17(21)22-12-6-5-10-3-1-2-4-11(10)9-12/h1-9H. The molecule has 0 saturated carbocycles. The van der Waals surface area contributed by atoms with Crippen LogP contribution in [0.1, 0.15) is 10.4 Å². The molecule has 3 rings (SSSR count). The number of benzene rings is 3. The maximum atomic E-state index is 13.6. The number of halogens is 3. The summed E-state index contributed by atoms with van der Waals surface area (Å²) >= 11 is 0. The van der Waals surface area contributed by atoms with Crippen LogP contribution in [0.4, 0.5) is 13.2 Å². The van der Waals surface area contributed by atoms with Gasteiger partial charge in [0.25, 0.3) is 0 Å². The molecule has 3 aromatic carbocycles. The van der Waals surface area contributed by atoms with Gasteiger partial charge >= 0.3 is 5.97 Å². The third kappa shape index (κ3) is 2.53. The zero-order chi connectivity index (χ0) is 15.7. The Balaban J connectivity index is 1.91. The van der Waals surface area contributed by atoms with Crippen LogP contribution in [0.3, 0.4) is 0 Å². The van der Waals surface area contributed by atoms with Gasteiger partial charge in [0, 0.05) is 0 Å². The number of fused-ring (bicyclic) bond motifs is 1. The Morgan fingerprint density at radius 3 is 2.32 bits per heavy atom. The summed E-state index contributed by atoms with van der Waals surface area (Å²) in [5.41, 5.74) is -0.660. The van der Waals surface area contributed by atoms with Crippen molar-refractivity contribution in [1.29, 1.82) is 0 Å². The Bertz CT molecular complexity index is 875. The molecule has 0 aliphatic rings. The van der Waals surface area contributed by atoms with Gasteiger partial charge in [-0.05, 0) is 35.0 Å². The number of ether oxygens (including phenoxy) is 1. The molecule has 0 unspecified atom stereocenters. The Morgan fingerprint density at radius 2 is 1.55 bits per heavy atom. The summed E-state index contributed by atoms with van der Waals surface area (Å²) in [5, 5.41) is 1.78. The number of esters is 1. The molecule has 110 valence electrons. The molecule has 5 heteroatoms. The van der Waals surface area contributed by atoms with Crippen LogP contribution in [0.15, 0.2) is 54.6 Å². The zero-order valence-electron chi connectivity index (χ0n) is 11.1. The SMILES string of the molecule is O=C(Oc1ccc2ccccc2c1)c1ccc(F)c(F)c1F. The van der Waals surface area contributed by atoms with Gasteiger partial charge in [0.2, 0.25) is 0 Å². The van der Waals surface area contributed by atoms with Gasteiger partial charge in [-0.2, -0.15) is 0 Å². The molecule has 0 bridgehead atoms. The van der Waals surface area contributed by atoms with Gasteiger partial charge in [-0.25, -0.2) is 18.0 Å². The Hall–Kier alpha value is -2.82. The lowest BCUT2D eigenvalue weighted by molar-refractivity contribution is 0.0728. The average molecular weight is 302 g/mol. The lowest BCUT2D eigenvalue weighted by Gasteiger charge is -2.07. The van der Waals surface area contributed by atoms with E-state index in [9.17, 15) is 18.0 Å². The van der Waals surface area contributed by atoms with Crippen molar-refractivity contribution in [3.05, 3.63) is 77.6 Å². The second-order valence-electron chi connectivity index (χ2n) is 4.62. The van der Waals surface area contributed by atoms with Crippen LogP contribution >= 0.6 is 0 Å². The normalized spacial score (nSPS) is 10.7. The summed E-state index contributed by atoms with van der Waals surface area (Å²) in [6.07, 6.45) is 0. The fraction of sp³-hybridized carbons (Fsp3) is 0. The smallest absolute Gasteiger partial charge is 0.346 e. The molecule has 2 nitrogen and oxygen atoms in total. The highest BCUT2D eigenvalue weighted by molar-refractivity contribution is 5.92. The zero-order valence-corrected chi connectivity index (χ0v) is 11.1. The topological polar surface area (TPSA) is 26.3 Å². The quantitative estimate of drug-likeness (QED) is 0.396. The molecule has 0 N–H and O–H groups in total. The Kier molecular flexibility index (Phi) is 3.55. The van der Waals surface area contributed by atoms with Crippen LogP contribution in [-0.4, -0.2) is 5.97 Å². The predicted molar refractivity (Wildman–Crippen MR) is 75.2 cm³/mol. The lowest BCUT2D eigenvalue weighted by Crippen LogP contribution is -2.12. The van der Waals surface area contributed by atoms with Gasteiger partial charge < -0.3 is 4.74 Å². The monoisotopic (exact) mass is 302 g/mol. The maximum Gasteiger partial charge on any atom is 0.346 e. The minimum absolute atomic E-state index is 0.188. The first kappa shape index (κ1) is 14.1. The van der Waals surface area contributed by atoms with Gasteiger partial charge in [0.05, 0.1) is 5.56 Å². The molecule has 0 radical (unpaired) electrons. The van der Waals surface area contributed by atoms with Crippen molar-refractivity contribution in [3.8, 4) is 5.75 Å². The lowest BCUT2D eigenvalue weighted by atomic mass is 10.1. The molecule has 0 heterocycles. The van der Waals surface area contributed by atoms with E-state index in [0.29, 0.717) is 6.07 Å². The molecule has 3 aromatic rings. The molecule has 0 spiro atoms. The molecule has 0 saturated heterocycles. The summed E-state index contributed by atoms with van der Waals surface area (Å²) < 4.78 is 44.6. The van der Waals surface area contributed by atoms with Crippen LogP contribution in [0.25, 0.3) is 10.8 Å². The van der Waals surface area contributed by atoms with E-state index in [-0.39, 0.29) is 5.75 Å². The molecule has 0 aromatic heterocycles. The third-order valence-corrected chi connectivity index (χ3v) is 3.19. The van der Waals surface area contributed by atoms with Crippen molar-refractivity contribution in [3.63, 3.8) is 0 Å². The molecule has 0 amide bonds. The second-order valence-corrected chi connectivity index (χ2v) is 4.62. The second kappa shape index (κ2) is 5.52. The number of carbonyl (C=O) groups is 1. The predicted octanol–water partition coefficient (Wildman–Crippen LogP) is 4.48. The minimum atomic E-state index is -1.70. The van der Waals surface area contributed by atoms with E-state index in [2.05, 4.69) is 0 Å². The van der Waals surface area contributed by atoms with Crippen molar-refractivity contribution < 1.29 is 22.7 Å². The molecule has 0 atom stereocenters. The van der Waals surface area contributed by atoms with Gasteiger partial charge in [-0.15, -0.1) is 0 Å². The third-order valence-electron chi connectivity index (χ3n) is 3.19. The molecular weight excluding hydrogens is 293 g/mol. The van der Waals surface area contributed by atoms with E-state index in [1.807, 2.05) is 24.3 Å². The summed E-state index contributed by atoms with van der Waals surface area (Å²) in [6, 6.07) is 13.8. The largest absolute Gasteiger partial charge is 0.423 e. The van der Waals surface area contributed by atoms with Gasteiger partial charge in [-0.3, -0.25) is 0 Å². The van der Waals surface area contributed by atoms with E-state index in [0.717, 1.165) is 16.8 Å². The number of hydrogen-bond donors (Lipinski definition) is 0. The number of rotatable bonds is 2. The Morgan fingerprint density at radius 1 is 0.818 bits per heavy atom. The van der Waals surface area contributed by atoms with E-state index in [4.69, 9.17) is 4.74 Å². The molecule has 22 heavy (non-hydrogen) atoms. The molecule has 0 fully saturated rings. The van der Waals surface area contributed by atoms with Gasteiger partial charge in [0.1, 0.15) is 5.75 Å². The van der Waals surface area contributed by atoms with Gasteiger partial charge in [-0.1, -0.05) is 30.3 Å². The van der Waals surface area contributed by atoms with E-state index in [1.54, 1.807) is 12.1 Å². The van der Waals surface area contributed by atoms with Gasteiger partial charge in [0.15, 0.2) is 17.5 Å². The van der Waals surface area contributed by atoms with Crippen LogP contribution in [0.5, 0.6) is 5.75 Å². The molecule has 0 aliphatic heterocycles. The van der Waals surface area contributed by atoms with Crippen LogP contribution in [0, 0.1) is 17.5 Å². The number of carbonyl (C=O) groups excluding carboxylic acids is 1. The van der Waals surface area contributed by atoms with Crippen LogP contribution < -0.4 is 4.74 Å². The van der Waals surface area contributed by atoms with E-state index < -0.39 is 29.0 Å². The minimum Gasteiger partial charge on any atom is -0.423 e.